The lowest BCUT2D eigenvalue weighted by atomic mass is 10.1. The monoisotopic (exact) mass is 235 g/mol. The van der Waals surface area contributed by atoms with Gasteiger partial charge in [0.2, 0.25) is 0 Å². The molecule has 0 saturated carbocycles. The third-order valence-corrected chi connectivity index (χ3v) is 2.82. The van der Waals surface area contributed by atoms with Gasteiger partial charge in [-0.2, -0.15) is 0 Å². The summed E-state index contributed by atoms with van der Waals surface area (Å²) in [7, 11) is 0. The number of pyridine rings is 1. The van der Waals surface area contributed by atoms with Gasteiger partial charge in [-0.3, -0.25) is 9.88 Å². The molecule has 0 atom stereocenters. The zero-order chi connectivity index (χ0) is 12.8. The average Bonchev–Trinajstić information content (AvgIpc) is 2.28. The van der Waals surface area contributed by atoms with Crippen molar-refractivity contribution < 1.29 is 0 Å². The van der Waals surface area contributed by atoms with Gasteiger partial charge in [-0.1, -0.05) is 19.9 Å². The molecule has 0 radical (unpaired) electrons. The summed E-state index contributed by atoms with van der Waals surface area (Å²) in [5, 5.41) is 0. The quantitative estimate of drug-likeness (QED) is 0.823. The van der Waals surface area contributed by atoms with Crippen LogP contribution in [0.25, 0.3) is 0 Å². The first kappa shape index (κ1) is 14.1. The van der Waals surface area contributed by atoms with Crippen molar-refractivity contribution in [2.75, 3.05) is 6.54 Å². The van der Waals surface area contributed by atoms with Crippen LogP contribution in [0.15, 0.2) is 18.3 Å². The Labute approximate surface area is 105 Å². The molecule has 0 spiro atoms. The molecule has 0 aromatic carbocycles. The van der Waals surface area contributed by atoms with Crippen LogP contribution in [0.5, 0.6) is 0 Å². The van der Waals surface area contributed by atoms with E-state index in [0.29, 0.717) is 18.5 Å². The summed E-state index contributed by atoms with van der Waals surface area (Å²) >= 11 is 0. The van der Waals surface area contributed by atoms with E-state index in [4.69, 9.17) is 5.73 Å². The molecule has 0 unspecified atom stereocenters. The Kier molecular flexibility index (Phi) is 5.59. The van der Waals surface area contributed by atoms with Crippen molar-refractivity contribution in [3.63, 3.8) is 0 Å². The van der Waals surface area contributed by atoms with Gasteiger partial charge in [0, 0.05) is 31.9 Å². The van der Waals surface area contributed by atoms with Gasteiger partial charge in [-0.05, 0) is 31.4 Å². The molecule has 0 aliphatic carbocycles. The summed E-state index contributed by atoms with van der Waals surface area (Å²) in [6.07, 6.45) is 1.88. The SMILES string of the molecule is CC(C)CN(Cc1ccc(CN)cn1)C(C)C. The van der Waals surface area contributed by atoms with E-state index in [1.54, 1.807) is 0 Å². The second kappa shape index (κ2) is 6.72. The van der Waals surface area contributed by atoms with Gasteiger partial charge in [-0.25, -0.2) is 0 Å². The molecule has 0 bridgehead atoms. The standard InChI is InChI=1S/C14H25N3/c1-11(2)9-17(12(3)4)10-14-6-5-13(7-15)8-16-14/h5-6,8,11-12H,7,9-10,15H2,1-4H3. The smallest absolute Gasteiger partial charge is 0.0544 e. The maximum atomic E-state index is 5.56. The first-order chi connectivity index (χ1) is 8.02. The van der Waals surface area contributed by atoms with Gasteiger partial charge in [0.15, 0.2) is 0 Å². The largest absolute Gasteiger partial charge is 0.326 e. The van der Waals surface area contributed by atoms with Crippen LogP contribution in [0.1, 0.15) is 39.0 Å². The van der Waals surface area contributed by atoms with E-state index in [2.05, 4.69) is 49.7 Å². The fourth-order valence-corrected chi connectivity index (χ4v) is 1.80. The van der Waals surface area contributed by atoms with E-state index in [1.807, 2.05) is 6.20 Å². The van der Waals surface area contributed by atoms with Crippen molar-refractivity contribution in [3.05, 3.63) is 29.6 Å². The molecule has 0 fully saturated rings. The molecule has 3 nitrogen and oxygen atoms in total. The summed E-state index contributed by atoms with van der Waals surface area (Å²) in [5.74, 6) is 0.681. The van der Waals surface area contributed by atoms with Crippen LogP contribution < -0.4 is 5.73 Å². The minimum atomic E-state index is 0.549. The lowest BCUT2D eigenvalue weighted by Gasteiger charge is -2.27. The molecular formula is C14H25N3. The Morgan fingerprint density at radius 2 is 1.94 bits per heavy atom. The first-order valence-electron chi connectivity index (χ1n) is 6.40. The molecule has 0 amide bonds. The Morgan fingerprint density at radius 3 is 2.35 bits per heavy atom. The summed E-state index contributed by atoms with van der Waals surface area (Å²) in [4.78, 5) is 6.91. The first-order valence-corrected chi connectivity index (χ1v) is 6.40. The second-order valence-electron chi connectivity index (χ2n) is 5.28. The van der Waals surface area contributed by atoms with E-state index in [0.717, 1.165) is 24.3 Å². The van der Waals surface area contributed by atoms with Crippen LogP contribution in [0.2, 0.25) is 0 Å². The lowest BCUT2D eigenvalue weighted by Crippen LogP contribution is -2.33. The number of nitrogens with two attached hydrogens (primary N) is 1. The maximum Gasteiger partial charge on any atom is 0.0544 e. The van der Waals surface area contributed by atoms with E-state index in [1.165, 1.54) is 0 Å². The Hall–Kier alpha value is -0.930. The van der Waals surface area contributed by atoms with E-state index >= 15 is 0 Å². The number of hydrogen-bond donors (Lipinski definition) is 1. The normalized spacial score (nSPS) is 11.8. The fourth-order valence-electron chi connectivity index (χ4n) is 1.80. The minimum Gasteiger partial charge on any atom is -0.326 e. The fraction of sp³-hybridized carbons (Fsp3) is 0.643. The van der Waals surface area contributed by atoms with Crippen LogP contribution in [0, 0.1) is 5.92 Å². The molecule has 96 valence electrons. The highest BCUT2D eigenvalue weighted by molar-refractivity contribution is 5.13. The van der Waals surface area contributed by atoms with Crippen molar-refractivity contribution in [1.82, 2.24) is 9.88 Å². The number of aromatic nitrogens is 1. The van der Waals surface area contributed by atoms with Gasteiger partial charge in [0.1, 0.15) is 0 Å². The predicted octanol–water partition coefficient (Wildman–Crippen LogP) is 2.41. The maximum absolute atomic E-state index is 5.56. The predicted molar refractivity (Wildman–Crippen MR) is 72.5 cm³/mol. The average molecular weight is 235 g/mol. The molecule has 0 aliphatic rings. The highest BCUT2D eigenvalue weighted by Gasteiger charge is 2.12. The van der Waals surface area contributed by atoms with Crippen LogP contribution in [-0.2, 0) is 13.1 Å². The molecule has 17 heavy (non-hydrogen) atoms. The lowest BCUT2D eigenvalue weighted by molar-refractivity contribution is 0.187. The van der Waals surface area contributed by atoms with Crippen LogP contribution in [0.3, 0.4) is 0 Å². The highest BCUT2D eigenvalue weighted by Crippen LogP contribution is 2.09. The van der Waals surface area contributed by atoms with Crippen molar-refractivity contribution in [2.45, 2.75) is 46.8 Å². The van der Waals surface area contributed by atoms with Crippen molar-refractivity contribution in [1.29, 1.82) is 0 Å². The zero-order valence-electron chi connectivity index (χ0n) is 11.5. The van der Waals surface area contributed by atoms with E-state index in [-0.39, 0.29) is 0 Å². The van der Waals surface area contributed by atoms with Gasteiger partial charge in [0.05, 0.1) is 5.69 Å². The minimum absolute atomic E-state index is 0.549. The molecule has 0 aliphatic heterocycles. The third kappa shape index (κ3) is 4.84. The molecule has 0 saturated heterocycles. The van der Waals surface area contributed by atoms with Crippen LogP contribution in [0.4, 0.5) is 0 Å². The van der Waals surface area contributed by atoms with E-state index in [9.17, 15) is 0 Å². The molecule has 1 aromatic rings. The van der Waals surface area contributed by atoms with Crippen molar-refractivity contribution in [2.24, 2.45) is 11.7 Å². The second-order valence-corrected chi connectivity index (χ2v) is 5.28. The molecule has 1 heterocycles. The summed E-state index contributed by atoms with van der Waals surface area (Å²) in [6.45, 7) is 11.6. The van der Waals surface area contributed by atoms with Gasteiger partial charge >= 0.3 is 0 Å². The Balaban J connectivity index is 2.65. The molecule has 3 heteroatoms. The summed E-state index contributed by atoms with van der Waals surface area (Å²) < 4.78 is 0. The van der Waals surface area contributed by atoms with Crippen molar-refractivity contribution >= 4 is 0 Å². The topological polar surface area (TPSA) is 42.1 Å². The van der Waals surface area contributed by atoms with E-state index < -0.39 is 0 Å². The van der Waals surface area contributed by atoms with Gasteiger partial charge in [-0.15, -0.1) is 0 Å². The zero-order valence-corrected chi connectivity index (χ0v) is 11.5. The number of nitrogens with zero attached hydrogens (tertiary/aromatic N) is 2. The van der Waals surface area contributed by atoms with Crippen molar-refractivity contribution in [3.8, 4) is 0 Å². The summed E-state index contributed by atoms with van der Waals surface area (Å²) in [5.41, 5.74) is 7.78. The molecule has 1 rings (SSSR count). The molecule has 2 N–H and O–H groups in total. The summed E-state index contributed by atoms with van der Waals surface area (Å²) in [6, 6.07) is 4.70. The Morgan fingerprint density at radius 1 is 1.24 bits per heavy atom. The third-order valence-electron chi connectivity index (χ3n) is 2.82. The van der Waals surface area contributed by atoms with Crippen LogP contribution >= 0.6 is 0 Å². The molecular weight excluding hydrogens is 210 g/mol. The van der Waals surface area contributed by atoms with Gasteiger partial charge < -0.3 is 5.73 Å². The Bertz CT molecular complexity index is 317. The van der Waals surface area contributed by atoms with Gasteiger partial charge in [0.25, 0.3) is 0 Å². The molecule has 1 aromatic heterocycles. The van der Waals surface area contributed by atoms with Crippen LogP contribution in [-0.4, -0.2) is 22.5 Å². The number of hydrogen-bond acceptors (Lipinski definition) is 3. The number of rotatable bonds is 6. The highest BCUT2D eigenvalue weighted by atomic mass is 15.2.